The van der Waals surface area contributed by atoms with Crippen molar-refractivity contribution >= 4 is 18.0 Å². The van der Waals surface area contributed by atoms with Crippen LogP contribution in [-0.2, 0) is 9.53 Å². The average Bonchev–Trinajstić information content (AvgIpc) is 2.40. The second kappa shape index (κ2) is 6.49. The van der Waals surface area contributed by atoms with E-state index < -0.39 is 11.8 Å². The first kappa shape index (κ1) is 15.2. The van der Waals surface area contributed by atoms with Gasteiger partial charge in [-0.25, -0.2) is 9.18 Å². The van der Waals surface area contributed by atoms with Crippen LogP contribution in [0, 0.1) is 5.82 Å². The Morgan fingerprint density at radius 1 is 1.43 bits per heavy atom. The molecule has 2 rings (SSSR count). The molecule has 2 N–H and O–H groups in total. The highest BCUT2D eigenvalue weighted by molar-refractivity contribution is 5.95. The van der Waals surface area contributed by atoms with Crippen LogP contribution in [0.15, 0.2) is 24.3 Å². The van der Waals surface area contributed by atoms with Gasteiger partial charge in [0.05, 0.1) is 6.10 Å². The summed E-state index contributed by atoms with van der Waals surface area (Å²) in [6.07, 6.45) is 3.68. The van der Waals surface area contributed by atoms with Gasteiger partial charge >= 0.3 is 5.97 Å². The van der Waals surface area contributed by atoms with Gasteiger partial charge in [-0.3, -0.25) is 4.79 Å². The summed E-state index contributed by atoms with van der Waals surface area (Å²) in [5.74, 6) is -2.14. The fourth-order valence-corrected chi connectivity index (χ4v) is 2.11. The van der Waals surface area contributed by atoms with Gasteiger partial charge < -0.3 is 15.2 Å². The zero-order valence-electron chi connectivity index (χ0n) is 11.5. The third-order valence-electron chi connectivity index (χ3n) is 3.43. The van der Waals surface area contributed by atoms with Crippen molar-refractivity contribution in [3.8, 4) is 0 Å². The molecule has 1 aliphatic rings. The standard InChI is InChI=1S/C15H16FNO4/c1-21-12-7-11(8-12)17-15(20)10-3-2-9(13(16)6-10)4-5-14(18)19/h2-6,11-12H,7-8H2,1H3,(H,17,20)(H,18,19)/b5-4+. The van der Waals surface area contributed by atoms with E-state index in [-0.39, 0.29) is 29.2 Å². The number of rotatable bonds is 5. The van der Waals surface area contributed by atoms with E-state index in [1.54, 1.807) is 7.11 Å². The van der Waals surface area contributed by atoms with Crippen molar-refractivity contribution in [2.24, 2.45) is 0 Å². The molecule has 5 nitrogen and oxygen atoms in total. The molecule has 1 aromatic rings. The largest absolute Gasteiger partial charge is 0.478 e. The molecule has 1 fully saturated rings. The highest BCUT2D eigenvalue weighted by Crippen LogP contribution is 2.23. The monoisotopic (exact) mass is 293 g/mol. The van der Waals surface area contributed by atoms with E-state index in [9.17, 15) is 14.0 Å². The quantitative estimate of drug-likeness (QED) is 0.812. The number of ether oxygens (including phenoxy) is 1. The van der Waals surface area contributed by atoms with Crippen LogP contribution in [0.1, 0.15) is 28.8 Å². The number of benzene rings is 1. The lowest BCUT2D eigenvalue weighted by molar-refractivity contribution is -0.131. The number of carboxylic acid groups (broad SMARTS) is 1. The van der Waals surface area contributed by atoms with Crippen LogP contribution in [-0.4, -0.2) is 36.2 Å². The van der Waals surface area contributed by atoms with E-state index >= 15 is 0 Å². The summed E-state index contributed by atoms with van der Waals surface area (Å²) >= 11 is 0. The van der Waals surface area contributed by atoms with E-state index in [2.05, 4.69) is 5.32 Å². The topological polar surface area (TPSA) is 75.6 Å². The van der Waals surface area contributed by atoms with E-state index in [1.165, 1.54) is 12.1 Å². The number of nitrogens with one attached hydrogen (secondary N) is 1. The first-order valence-corrected chi connectivity index (χ1v) is 6.54. The molecule has 0 atom stereocenters. The first-order valence-electron chi connectivity index (χ1n) is 6.54. The molecule has 21 heavy (non-hydrogen) atoms. The minimum Gasteiger partial charge on any atom is -0.478 e. The van der Waals surface area contributed by atoms with Gasteiger partial charge in [-0.2, -0.15) is 0 Å². The molecule has 0 unspecified atom stereocenters. The Balaban J connectivity index is 1.99. The molecule has 0 aromatic heterocycles. The van der Waals surface area contributed by atoms with E-state index in [4.69, 9.17) is 9.84 Å². The van der Waals surface area contributed by atoms with Crippen LogP contribution in [0.2, 0.25) is 0 Å². The summed E-state index contributed by atoms with van der Waals surface area (Å²) < 4.78 is 18.9. The lowest BCUT2D eigenvalue weighted by atomic mass is 9.89. The predicted octanol–water partition coefficient (Wildman–Crippen LogP) is 1.83. The van der Waals surface area contributed by atoms with Crippen LogP contribution in [0.5, 0.6) is 0 Å². The number of hydrogen-bond acceptors (Lipinski definition) is 3. The Kier molecular flexibility index (Phi) is 4.70. The summed E-state index contributed by atoms with van der Waals surface area (Å²) in [6, 6.07) is 4.00. The fraction of sp³-hybridized carbons (Fsp3) is 0.333. The lowest BCUT2D eigenvalue weighted by Gasteiger charge is -2.34. The molecule has 1 saturated carbocycles. The summed E-state index contributed by atoms with van der Waals surface area (Å²) in [5.41, 5.74) is 0.331. The Labute approximate surface area is 121 Å². The van der Waals surface area contributed by atoms with Crippen LogP contribution in [0.25, 0.3) is 6.08 Å². The SMILES string of the molecule is COC1CC(NC(=O)c2ccc(/C=C/C(=O)O)c(F)c2)C1. The molecule has 1 aliphatic carbocycles. The number of carbonyl (C=O) groups excluding carboxylic acids is 1. The minimum atomic E-state index is -1.16. The van der Waals surface area contributed by atoms with Gasteiger partial charge in [-0.15, -0.1) is 0 Å². The molecular weight excluding hydrogens is 277 g/mol. The van der Waals surface area contributed by atoms with Crippen molar-refractivity contribution < 1.29 is 23.8 Å². The second-order valence-corrected chi connectivity index (χ2v) is 4.91. The molecule has 1 amide bonds. The lowest BCUT2D eigenvalue weighted by Crippen LogP contribution is -2.47. The van der Waals surface area contributed by atoms with Gasteiger partial charge in [0.2, 0.25) is 0 Å². The summed E-state index contributed by atoms with van der Waals surface area (Å²) in [6.45, 7) is 0. The fourth-order valence-electron chi connectivity index (χ4n) is 2.11. The first-order chi connectivity index (χ1) is 9.99. The Morgan fingerprint density at radius 2 is 2.14 bits per heavy atom. The van der Waals surface area contributed by atoms with E-state index in [0.717, 1.165) is 31.1 Å². The van der Waals surface area contributed by atoms with Crippen molar-refractivity contribution in [3.05, 3.63) is 41.2 Å². The van der Waals surface area contributed by atoms with Gasteiger partial charge in [0.1, 0.15) is 5.82 Å². The molecule has 0 heterocycles. The molecule has 112 valence electrons. The molecule has 0 bridgehead atoms. The van der Waals surface area contributed by atoms with Crippen molar-refractivity contribution in [2.45, 2.75) is 25.0 Å². The second-order valence-electron chi connectivity index (χ2n) is 4.91. The number of halogens is 1. The average molecular weight is 293 g/mol. The Hall–Kier alpha value is -2.21. The minimum absolute atomic E-state index is 0.0529. The molecule has 6 heteroatoms. The third kappa shape index (κ3) is 3.88. The number of hydrogen-bond donors (Lipinski definition) is 2. The molecule has 0 radical (unpaired) electrons. The van der Waals surface area contributed by atoms with Gasteiger partial charge in [-0.1, -0.05) is 6.07 Å². The van der Waals surface area contributed by atoms with Crippen LogP contribution in [0.3, 0.4) is 0 Å². The molecule has 0 saturated heterocycles. The van der Waals surface area contributed by atoms with Crippen LogP contribution in [0.4, 0.5) is 4.39 Å². The number of aliphatic carboxylic acids is 1. The van der Waals surface area contributed by atoms with Gasteiger partial charge in [-0.05, 0) is 31.1 Å². The number of methoxy groups -OCH3 is 1. The molecule has 0 aliphatic heterocycles. The van der Waals surface area contributed by atoms with Crippen molar-refractivity contribution in [1.29, 1.82) is 0 Å². The Bertz CT molecular complexity index is 579. The smallest absolute Gasteiger partial charge is 0.328 e. The highest BCUT2D eigenvalue weighted by atomic mass is 19.1. The van der Waals surface area contributed by atoms with Gasteiger partial charge in [0.25, 0.3) is 5.91 Å². The number of carbonyl (C=O) groups is 2. The molecular formula is C15H16FNO4. The predicted molar refractivity (Wildman–Crippen MR) is 74.4 cm³/mol. The number of carboxylic acids is 1. The normalized spacial score (nSPS) is 21.0. The van der Waals surface area contributed by atoms with Gasteiger partial charge in [0.15, 0.2) is 0 Å². The maximum absolute atomic E-state index is 13.8. The highest BCUT2D eigenvalue weighted by Gasteiger charge is 2.30. The van der Waals surface area contributed by atoms with Crippen molar-refractivity contribution in [1.82, 2.24) is 5.32 Å². The zero-order valence-corrected chi connectivity index (χ0v) is 11.5. The third-order valence-corrected chi connectivity index (χ3v) is 3.43. The zero-order chi connectivity index (χ0) is 15.4. The Morgan fingerprint density at radius 3 is 2.71 bits per heavy atom. The van der Waals surface area contributed by atoms with Crippen LogP contribution >= 0.6 is 0 Å². The molecule has 1 aromatic carbocycles. The van der Waals surface area contributed by atoms with Crippen molar-refractivity contribution in [2.75, 3.05) is 7.11 Å². The summed E-state index contributed by atoms with van der Waals surface area (Å²) in [5, 5.41) is 11.3. The van der Waals surface area contributed by atoms with Gasteiger partial charge in [0, 0.05) is 30.4 Å². The molecule has 0 spiro atoms. The number of amides is 1. The van der Waals surface area contributed by atoms with Crippen LogP contribution < -0.4 is 5.32 Å². The maximum atomic E-state index is 13.8. The van der Waals surface area contributed by atoms with E-state index in [0.29, 0.717) is 0 Å². The summed E-state index contributed by atoms with van der Waals surface area (Å²) in [7, 11) is 1.63. The van der Waals surface area contributed by atoms with E-state index in [1.807, 2.05) is 0 Å². The maximum Gasteiger partial charge on any atom is 0.328 e. The van der Waals surface area contributed by atoms with Crippen molar-refractivity contribution in [3.63, 3.8) is 0 Å². The summed E-state index contributed by atoms with van der Waals surface area (Å²) in [4.78, 5) is 22.3.